The topological polar surface area (TPSA) is 185 Å². The largest absolute Gasteiger partial charge is 0.493 e. The number of methoxy groups -OCH3 is 1. The van der Waals surface area contributed by atoms with Crippen LogP contribution < -0.4 is 9.47 Å². The third-order valence-electron chi connectivity index (χ3n) is 7.40. The summed E-state index contributed by atoms with van der Waals surface area (Å²) >= 11 is 0. The molecule has 4 aliphatic rings. The van der Waals surface area contributed by atoms with Gasteiger partial charge in [-0.2, -0.15) is 0 Å². The number of piperidine rings is 1. The number of likely N-dealkylation sites (tertiary alicyclic amines) is 1. The van der Waals surface area contributed by atoms with Crippen LogP contribution in [0.5, 0.6) is 11.5 Å². The zero-order chi connectivity index (χ0) is 23.4. The first-order valence-corrected chi connectivity index (χ1v) is 10.5. The van der Waals surface area contributed by atoms with Crippen molar-refractivity contribution in [3.05, 3.63) is 23.3 Å². The van der Waals surface area contributed by atoms with Crippen molar-refractivity contribution in [1.29, 1.82) is 0 Å². The molecule has 1 aromatic rings. The Balaban J connectivity index is 0.000000241. The molecule has 0 aromatic heterocycles. The summed E-state index contributed by atoms with van der Waals surface area (Å²) in [6.45, 7) is 1.05. The number of ketones is 1. The standard InChI is InChI=1S/C18H21NO3.C4H6O6.H2O/c1-19-8-7-18-11-4-5-13(20)17(18)22-16-14(21-2)6-3-10(15(16)18)9-12(11)19;5-1(3(7)8)2(6)4(9)10;/h3,6,11-12,17H,4-5,7-9H2,1-2H3;1-2,5-6H,(H,7,8)(H,9,10);1H2/t11-,12+,17-,18-;;/m0../s1. The number of Topliss-reactive ketones (excluding diaryl/α,β-unsaturated/α-hetero) is 1. The first kappa shape index (κ1) is 24.9. The van der Waals surface area contributed by atoms with Crippen molar-refractivity contribution in [3.8, 4) is 11.5 Å². The molecule has 0 amide bonds. The number of nitrogens with zero attached hydrogens (tertiary/aromatic N) is 1. The average Bonchev–Trinajstić information content (AvgIpc) is 3.12. The van der Waals surface area contributed by atoms with Crippen molar-refractivity contribution in [2.45, 2.75) is 55.5 Å². The number of ether oxygens (including phenoxy) is 2. The maximum atomic E-state index is 12.6. The fraction of sp³-hybridized carbons (Fsp3) is 0.591. The fourth-order valence-corrected chi connectivity index (χ4v) is 5.94. The van der Waals surface area contributed by atoms with E-state index in [1.54, 1.807) is 7.11 Å². The summed E-state index contributed by atoms with van der Waals surface area (Å²) < 4.78 is 11.8. The van der Waals surface area contributed by atoms with E-state index < -0.39 is 24.1 Å². The van der Waals surface area contributed by atoms with Crippen molar-refractivity contribution < 1.29 is 49.8 Å². The van der Waals surface area contributed by atoms with Crippen LogP contribution in [-0.4, -0.2) is 93.6 Å². The molecule has 5 rings (SSSR count). The summed E-state index contributed by atoms with van der Waals surface area (Å²) in [5, 5.41) is 32.5. The maximum absolute atomic E-state index is 12.6. The molecule has 2 unspecified atom stereocenters. The molecule has 0 radical (unpaired) electrons. The summed E-state index contributed by atoms with van der Waals surface area (Å²) in [4.78, 5) is 34.7. The van der Waals surface area contributed by atoms with Crippen LogP contribution in [-0.2, 0) is 26.2 Å². The lowest BCUT2D eigenvalue weighted by molar-refractivity contribution is -0.165. The van der Waals surface area contributed by atoms with E-state index in [0.717, 1.165) is 37.3 Å². The van der Waals surface area contributed by atoms with Gasteiger partial charge in [0.1, 0.15) is 0 Å². The smallest absolute Gasteiger partial charge is 0.335 e. The molecule has 2 aliphatic heterocycles. The molecular formula is C22H29NO10. The second-order valence-electron chi connectivity index (χ2n) is 8.85. The van der Waals surface area contributed by atoms with Gasteiger partial charge in [-0.1, -0.05) is 6.07 Å². The molecule has 6 atom stereocenters. The lowest BCUT2D eigenvalue weighted by Gasteiger charge is -2.57. The number of aliphatic carboxylic acids is 2. The molecule has 182 valence electrons. The van der Waals surface area contributed by atoms with Gasteiger partial charge < -0.3 is 40.3 Å². The summed E-state index contributed by atoms with van der Waals surface area (Å²) in [5.41, 5.74) is 2.57. The van der Waals surface area contributed by atoms with Crippen molar-refractivity contribution in [1.82, 2.24) is 4.90 Å². The van der Waals surface area contributed by atoms with E-state index in [9.17, 15) is 14.4 Å². The van der Waals surface area contributed by atoms with E-state index in [1.165, 1.54) is 11.1 Å². The Morgan fingerprint density at radius 1 is 1.21 bits per heavy atom. The van der Waals surface area contributed by atoms with Crippen molar-refractivity contribution in [3.63, 3.8) is 0 Å². The van der Waals surface area contributed by atoms with Crippen LogP contribution in [0.2, 0.25) is 0 Å². The minimum absolute atomic E-state index is 0. The van der Waals surface area contributed by atoms with E-state index in [-0.39, 0.29) is 22.8 Å². The van der Waals surface area contributed by atoms with E-state index in [0.29, 0.717) is 18.4 Å². The van der Waals surface area contributed by atoms with Gasteiger partial charge in [-0.3, -0.25) is 4.79 Å². The van der Waals surface area contributed by atoms with Crippen LogP contribution in [0.25, 0.3) is 0 Å². The molecule has 2 fully saturated rings. The molecule has 1 aromatic carbocycles. The molecule has 1 saturated carbocycles. The Hall–Kier alpha value is -2.73. The highest BCUT2D eigenvalue weighted by atomic mass is 16.5. The summed E-state index contributed by atoms with van der Waals surface area (Å²) in [6.07, 6.45) is -1.06. The van der Waals surface area contributed by atoms with Gasteiger partial charge in [0, 0.05) is 23.4 Å². The highest BCUT2D eigenvalue weighted by Gasteiger charge is 2.65. The molecular weight excluding hydrogens is 438 g/mol. The number of hydrogen-bond acceptors (Lipinski definition) is 8. The number of rotatable bonds is 4. The number of aliphatic hydroxyl groups is 2. The zero-order valence-corrected chi connectivity index (χ0v) is 18.4. The van der Waals surface area contributed by atoms with Crippen LogP contribution in [0.3, 0.4) is 0 Å². The molecule has 6 N–H and O–H groups in total. The van der Waals surface area contributed by atoms with Gasteiger partial charge in [0.15, 0.2) is 35.6 Å². The Labute approximate surface area is 189 Å². The molecule has 2 aliphatic carbocycles. The SMILES string of the molecule is COc1ccc2c3c1O[C@H]1C(=O)CC[C@H]4[C@@H](C2)N(C)CC[C@]314.O.O=C(O)C(O)C(O)C(=O)O. The van der Waals surface area contributed by atoms with E-state index >= 15 is 0 Å². The number of benzene rings is 1. The number of hydrogen-bond donors (Lipinski definition) is 4. The van der Waals surface area contributed by atoms with Gasteiger partial charge in [0.05, 0.1) is 7.11 Å². The van der Waals surface area contributed by atoms with E-state index in [1.807, 2.05) is 6.07 Å². The molecule has 11 nitrogen and oxygen atoms in total. The highest BCUT2D eigenvalue weighted by Crippen LogP contribution is 2.63. The van der Waals surface area contributed by atoms with Crippen molar-refractivity contribution >= 4 is 17.7 Å². The third-order valence-corrected chi connectivity index (χ3v) is 7.40. The van der Waals surface area contributed by atoms with Crippen LogP contribution >= 0.6 is 0 Å². The van der Waals surface area contributed by atoms with Crippen molar-refractivity contribution in [2.75, 3.05) is 20.7 Å². The quantitative estimate of drug-likeness (QED) is 0.427. The normalized spacial score (nSPS) is 30.4. The Morgan fingerprint density at radius 2 is 1.85 bits per heavy atom. The summed E-state index contributed by atoms with van der Waals surface area (Å²) in [5.74, 6) is -1.08. The maximum Gasteiger partial charge on any atom is 0.335 e. The minimum atomic E-state index is -2.27. The second kappa shape index (κ2) is 8.90. The summed E-state index contributed by atoms with van der Waals surface area (Å²) in [6, 6.07) is 4.73. The number of carbonyl (C=O) groups excluding carboxylic acids is 1. The highest BCUT2D eigenvalue weighted by molar-refractivity contribution is 5.89. The lowest BCUT2D eigenvalue weighted by atomic mass is 9.52. The van der Waals surface area contributed by atoms with Gasteiger partial charge in [-0.25, -0.2) is 9.59 Å². The number of carboxylic acid groups (broad SMARTS) is 2. The fourth-order valence-electron chi connectivity index (χ4n) is 5.94. The van der Waals surface area contributed by atoms with Crippen LogP contribution in [0, 0.1) is 5.92 Å². The first-order valence-electron chi connectivity index (χ1n) is 10.5. The summed E-state index contributed by atoms with van der Waals surface area (Å²) in [7, 11) is 3.91. The first-order chi connectivity index (χ1) is 15.1. The average molecular weight is 467 g/mol. The number of aliphatic hydroxyl groups excluding tert-OH is 2. The molecule has 2 bridgehead atoms. The monoisotopic (exact) mass is 467 g/mol. The molecule has 1 saturated heterocycles. The Bertz CT molecular complexity index is 947. The lowest BCUT2D eigenvalue weighted by Crippen LogP contribution is -2.65. The van der Waals surface area contributed by atoms with Gasteiger partial charge in [0.25, 0.3) is 0 Å². The van der Waals surface area contributed by atoms with Gasteiger partial charge in [0.2, 0.25) is 0 Å². The number of likely N-dealkylation sites (N-methyl/N-ethyl adjacent to an activating group) is 1. The third kappa shape index (κ3) is 3.65. The molecule has 33 heavy (non-hydrogen) atoms. The van der Waals surface area contributed by atoms with Gasteiger partial charge >= 0.3 is 11.9 Å². The van der Waals surface area contributed by atoms with Crippen LogP contribution in [0.15, 0.2) is 12.1 Å². The minimum Gasteiger partial charge on any atom is -0.493 e. The zero-order valence-electron chi connectivity index (χ0n) is 18.4. The Kier molecular flexibility index (Phi) is 6.72. The Morgan fingerprint density at radius 3 is 2.42 bits per heavy atom. The number of carboxylic acids is 2. The van der Waals surface area contributed by atoms with Crippen LogP contribution in [0.1, 0.15) is 30.4 Å². The molecule has 2 heterocycles. The van der Waals surface area contributed by atoms with Gasteiger partial charge in [-0.05, 0) is 50.4 Å². The van der Waals surface area contributed by atoms with Crippen LogP contribution in [0.4, 0.5) is 0 Å². The van der Waals surface area contributed by atoms with Crippen molar-refractivity contribution in [2.24, 2.45) is 5.92 Å². The molecule has 1 spiro atoms. The number of carbonyl (C=O) groups is 3. The molecule has 11 heteroatoms. The van der Waals surface area contributed by atoms with E-state index in [4.69, 9.17) is 29.9 Å². The van der Waals surface area contributed by atoms with E-state index in [2.05, 4.69) is 18.0 Å². The predicted octanol–water partition coefficient (Wildman–Crippen LogP) is -1.01. The predicted molar refractivity (Wildman–Crippen MR) is 112 cm³/mol. The van der Waals surface area contributed by atoms with Gasteiger partial charge in [-0.15, -0.1) is 0 Å². The second-order valence-corrected chi connectivity index (χ2v) is 8.85.